The molecule has 0 spiro atoms. The van der Waals surface area contributed by atoms with Gasteiger partial charge in [-0.25, -0.2) is 0 Å². The van der Waals surface area contributed by atoms with E-state index < -0.39 is 0 Å². The second-order valence-electron chi connectivity index (χ2n) is 4.83. The van der Waals surface area contributed by atoms with Gasteiger partial charge in [-0.3, -0.25) is 0 Å². The maximum Gasteiger partial charge on any atom is 0.0449 e. The third-order valence-corrected chi connectivity index (χ3v) is 5.82. The van der Waals surface area contributed by atoms with Gasteiger partial charge in [0.05, 0.1) is 0 Å². The van der Waals surface area contributed by atoms with Gasteiger partial charge in [0.1, 0.15) is 0 Å². The van der Waals surface area contributed by atoms with Crippen LogP contribution in [0.2, 0.25) is 5.02 Å². The molecule has 0 aliphatic carbocycles. The van der Waals surface area contributed by atoms with E-state index in [0.717, 1.165) is 16.5 Å². The number of fused-ring (bicyclic) bond motifs is 2. The van der Waals surface area contributed by atoms with Crippen molar-refractivity contribution in [2.24, 2.45) is 0 Å². The van der Waals surface area contributed by atoms with E-state index in [0.29, 0.717) is 5.92 Å². The van der Waals surface area contributed by atoms with Gasteiger partial charge in [0.2, 0.25) is 0 Å². The summed E-state index contributed by atoms with van der Waals surface area (Å²) in [6.45, 7) is 2.27. The number of benzene rings is 2. The fourth-order valence-corrected chi connectivity index (χ4v) is 4.88. The van der Waals surface area contributed by atoms with Crippen molar-refractivity contribution in [1.82, 2.24) is 0 Å². The van der Waals surface area contributed by atoms with Crippen molar-refractivity contribution < 1.29 is 0 Å². The van der Waals surface area contributed by atoms with E-state index in [1.165, 1.54) is 26.7 Å². The Balaban J connectivity index is 2.20. The average molecular weight is 354 g/mol. The zero-order chi connectivity index (χ0) is 13.4. The molecule has 3 rings (SSSR count). The summed E-state index contributed by atoms with van der Waals surface area (Å²) in [5.74, 6) is 2.41. The molecule has 19 heavy (non-hydrogen) atoms. The second kappa shape index (κ2) is 5.51. The molecule has 98 valence electrons. The Kier molecular flexibility index (Phi) is 3.93. The Morgan fingerprint density at radius 1 is 1.05 bits per heavy atom. The first-order valence-corrected chi connectivity index (χ1v) is 8.63. The summed E-state index contributed by atoms with van der Waals surface area (Å²) in [6, 6.07) is 12.8. The van der Waals surface area contributed by atoms with Gasteiger partial charge in [0.25, 0.3) is 0 Å². The molecule has 0 N–H and O–H groups in total. The van der Waals surface area contributed by atoms with Gasteiger partial charge in [0.15, 0.2) is 0 Å². The Morgan fingerprint density at radius 2 is 1.68 bits per heavy atom. The molecule has 0 saturated heterocycles. The molecule has 2 aromatic carbocycles. The Labute approximate surface area is 131 Å². The maximum atomic E-state index is 6.37. The molecule has 0 radical (unpaired) electrons. The minimum Gasteiger partial charge on any atom is -0.152 e. The minimum atomic E-state index is 0.391. The zero-order valence-corrected chi connectivity index (χ0v) is 13.8. The highest BCUT2D eigenvalue weighted by Crippen LogP contribution is 2.40. The topological polar surface area (TPSA) is 0 Å². The molecule has 0 fully saturated rings. The molecule has 0 bridgehead atoms. The van der Waals surface area contributed by atoms with Crippen molar-refractivity contribution in [3.63, 3.8) is 0 Å². The fraction of sp³-hybridized carbons (Fsp3) is 0.250. The van der Waals surface area contributed by atoms with E-state index in [9.17, 15) is 0 Å². The first-order valence-electron chi connectivity index (χ1n) is 6.31. The third-order valence-electron chi connectivity index (χ3n) is 3.74. The van der Waals surface area contributed by atoms with Gasteiger partial charge < -0.3 is 0 Å². The van der Waals surface area contributed by atoms with Crippen LogP contribution in [0.5, 0.6) is 0 Å². The SMILES string of the molecule is CC1c2cccc(Cl)c2CSCc2c(Br)cccc21. The van der Waals surface area contributed by atoms with Crippen LogP contribution < -0.4 is 0 Å². The van der Waals surface area contributed by atoms with Crippen LogP contribution in [0.4, 0.5) is 0 Å². The van der Waals surface area contributed by atoms with Gasteiger partial charge in [-0.2, -0.15) is 11.8 Å². The molecule has 2 aromatic rings. The molecule has 0 aromatic heterocycles. The molecule has 0 saturated carbocycles. The largest absolute Gasteiger partial charge is 0.152 e. The lowest BCUT2D eigenvalue weighted by Gasteiger charge is -2.24. The molecule has 0 nitrogen and oxygen atoms in total. The van der Waals surface area contributed by atoms with Gasteiger partial charge in [0, 0.05) is 26.9 Å². The Morgan fingerprint density at radius 3 is 2.47 bits per heavy atom. The van der Waals surface area contributed by atoms with Gasteiger partial charge >= 0.3 is 0 Å². The first-order chi connectivity index (χ1) is 9.18. The monoisotopic (exact) mass is 352 g/mol. The van der Waals surface area contributed by atoms with Crippen LogP contribution in [0.3, 0.4) is 0 Å². The van der Waals surface area contributed by atoms with Crippen LogP contribution in [-0.2, 0) is 11.5 Å². The van der Waals surface area contributed by atoms with E-state index in [-0.39, 0.29) is 0 Å². The van der Waals surface area contributed by atoms with E-state index in [1.807, 2.05) is 17.8 Å². The first kappa shape index (κ1) is 13.5. The third kappa shape index (κ3) is 2.46. The molecule has 1 aliphatic rings. The van der Waals surface area contributed by atoms with E-state index in [1.54, 1.807) is 0 Å². The molecular weight excluding hydrogens is 340 g/mol. The molecule has 1 aliphatic heterocycles. The summed E-state index contributed by atoms with van der Waals surface area (Å²) in [6.07, 6.45) is 0. The highest BCUT2D eigenvalue weighted by Gasteiger charge is 2.21. The van der Waals surface area contributed by atoms with Crippen molar-refractivity contribution in [3.8, 4) is 0 Å². The molecule has 0 amide bonds. The summed E-state index contributed by atoms with van der Waals surface area (Å²) in [4.78, 5) is 0. The molecule has 1 atom stereocenters. The lowest BCUT2D eigenvalue weighted by atomic mass is 9.87. The normalized spacial score (nSPS) is 18.2. The number of thioether (sulfide) groups is 1. The van der Waals surface area contributed by atoms with E-state index in [2.05, 4.69) is 53.2 Å². The predicted molar refractivity (Wildman–Crippen MR) is 88.1 cm³/mol. The van der Waals surface area contributed by atoms with Crippen molar-refractivity contribution in [3.05, 3.63) is 68.1 Å². The van der Waals surface area contributed by atoms with Crippen LogP contribution in [0.15, 0.2) is 40.9 Å². The number of halogens is 2. The van der Waals surface area contributed by atoms with Gasteiger partial charge in [-0.05, 0) is 34.4 Å². The molecule has 3 heteroatoms. The number of hydrogen-bond donors (Lipinski definition) is 0. The number of hydrogen-bond acceptors (Lipinski definition) is 1. The van der Waals surface area contributed by atoms with E-state index in [4.69, 9.17) is 11.6 Å². The predicted octanol–water partition coefficient (Wildman–Crippen LogP) is 6.00. The molecule has 1 unspecified atom stereocenters. The standard InChI is InChI=1S/C16H14BrClS/c1-10-11-4-2-6-15(17)13(11)8-19-9-14-12(10)5-3-7-16(14)18/h2-7,10H,8-9H2,1H3. The Bertz CT molecular complexity index is 571. The zero-order valence-electron chi connectivity index (χ0n) is 10.6. The average Bonchev–Trinajstić information content (AvgIpc) is 2.39. The summed E-state index contributed by atoms with van der Waals surface area (Å²) >= 11 is 12.0. The van der Waals surface area contributed by atoms with Crippen molar-refractivity contribution >= 4 is 39.3 Å². The minimum absolute atomic E-state index is 0.391. The van der Waals surface area contributed by atoms with Crippen LogP contribution in [0, 0.1) is 0 Å². The number of rotatable bonds is 0. The Hall–Kier alpha value is -0.440. The molecular formula is C16H14BrClS. The summed E-state index contributed by atoms with van der Waals surface area (Å²) in [5.41, 5.74) is 5.49. The van der Waals surface area contributed by atoms with Crippen LogP contribution in [0.1, 0.15) is 35.1 Å². The summed E-state index contributed by atoms with van der Waals surface area (Å²) in [5, 5.41) is 0.898. The fourth-order valence-electron chi connectivity index (χ4n) is 2.69. The summed E-state index contributed by atoms with van der Waals surface area (Å²) < 4.78 is 1.22. The second-order valence-corrected chi connectivity index (χ2v) is 7.08. The van der Waals surface area contributed by atoms with E-state index >= 15 is 0 Å². The quantitative estimate of drug-likeness (QED) is 0.559. The molecule has 1 heterocycles. The van der Waals surface area contributed by atoms with Gasteiger partial charge in [-0.15, -0.1) is 0 Å². The van der Waals surface area contributed by atoms with Crippen LogP contribution in [-0.4, -0.2) is 0 Å². The smallest absolute Gasteiger partial charge is 0.0449 e. The summed E-state index contributed by atoms with van der Waals surface area (Å²) in [7, 11) is 0. The van der Waals surface area contributed by atoms with Crippen molar-refractivity contribution in [2.45, 2.75) is 24.3 Å². The lowest BCUT2D eigenvalue weighted by Crippen LogP contribution is -2.07. The van der Waals surface area contributed by atoms with Crippen molar-refractivity contribution in [2.75, 3.05) is 0 Å². The van der Waals surface area contributed by atoms with Crippen LogP contribution in [0.25, 0.3) is 0 Å². The lowest BCUT2D eigenvalue weighted by molar-refractivity contribution is 0.888. The highest BCUT2D eigenvalue weighted by molar-refractivity contribution is 9.10. The van der Waals surface area contributed by atoms with Crippen molar-refractivity contribution in [1.29, 1.82) is 0 Å². The van der Waals surface area contributed by atoms with Gasteiger partial charge in [-0.1, -0.05) is 58.7 Å². The maximum absolute atomic E-state index is 6.37. The highest BCUT2D eigenvalue weighted by atomic mass is 79.9. The van der Waals surface area contributed by atoms with Crippen LogP contribution >= 0.6 is 39.3 Å².